The number of hydrogen-bond acceptors (Lipinski definition) is 3. The summed E-state index contributed by atoms with van der Waals surface area (Å²) in [6.07, 6.45) is 1.16. The van der Waals surface area contributed by atoms with Crippen molar-refractivity contribution in [1.29, 1.82) is 0 Å². The molecule has 1 unspecified atom stereocenters. The molecule has 114 valence electrons. The SMILES string of the molecule is CCCC(=O)N1CSCC1C(=O)Nc1cc(F)ccc1Cl. The summed E-state index contributed by atoms with van der Waals surface area (Å²) in [5.41, 5.74) is 0.224. The lowest BCUT2D eigenvalue weighted by Gasteiger charge is -2.23. The van der Waals surface area contributed by atoms with E-state index in [0.29, 0.717) is 18.1 Å². The molecule has 1 aromatic carbocycles. The van der Waals surface area contributed by atoms with Crippen LogP contribution in [-0.2, 0) is 9.59 Å². The minimum absolute atomic E-state index is 0.0343. The van der Waals surface area contributed by atoms with Crippen LogP contribution < -0.4 is 5.32 Å². The van der Waals surface area contributed by atoms with E-state index in [1.165, 1.54) is 30.0 Å². The van der Waals surface area contributed by atoms with Gasteiger partial charge in [-0.25, -0.2) is 4.39 Å². The quantitative estimate of drug-likeness (QED) is 0.922. The predicted octanol–water partition coefficient (Wildman–Crippen LogP) is 3.12. The lowest BCUT2D eigenvalue weighted by Crippen LogP contribution is -2.44. The monoisotopic (exact) mass is 330 g/mol. The minimum atomic E-state index is -0.534. The fourth-order valence-electron chi connectivity index (χ4n) is 2.07. The van der Waals surface area contributed by atoms with Gasteiger partial charge in [0.05, 0.1) is 16.6 Å². The van der Waals surface area contributed by atoms with Crippen molar-refractivity contribution in [2.24, 2.45) is 0 Å². The Labute approximate surface area is 132 Å². The number of thioether (sulfide) groups is 1. The van der Waals surface area contributed by atoms with Crippen molar-refractivity contribution in [3.05, 3.63) is 29.0 Å². The molecule has 0 spiro atoms. The smallest absolute Gasteiger partial charge is 0.248 e. The van der Waals surface area contributed by atoms with Gasteiger partial charge >= 0.3 is 0 Å². The Hall–Kier alpha value is -1.27. The zero-order valence-electron chi connectivity index (χ0n) is 11.6. The number of anilines is 1. The topological polar surface area (TPSA) is 49.4 Å². The number of hydrogen-bond donors (Lipinski definition) is 1. The van der Waals surface area contributed by atoms with Crippen LogP contribution in [0.15, 0.2) is 18.2 Å². The van der Waals surface area contributed by atoms with Gasteiger partial charge in [0.15, 0.2) is 0 Å². The lowest BCUT2D eigenvalue weighted by molar-refractivity contribution is -0.136. The van der Waals surface area contributed by atoms with E-state index in [2.05, 4.69) is 5.32 Å². The molecule has 1 aliphatic heterocycles. The van der Waals surface area contributed by atoms with Crippen molar-refractivity contribution < 1.29 is 14.0 Å². The van der Waals surface area contributed by atoms with Crippen LogP contribution >= 0.6 is 23.4 Å². The van der Waals surface area contributed by atoms with Crippen LogP contribution in [0.5, 0.6) is 0 Å². The summed E-state index contributed by atoms with van der Waals surface area (Å²) in [4.78, 5) is 25.8. The first-order chi connectivity index (χ1) is 10.0. The minimum Gasteiger partial charge on any atom is -0.323 e. The van der Waals surface area contributed by atoms with Crippen LogP contribution in [0.3, 0.4) is 0 Å². The summed E-state index contributed by atoms with van der Waals surface area (Å²) in [6.45, 7) is 1.92. The summed E-state index contributed by atoms with van der Waals surface area (Å²) in [5, 5.41) is 2.87. The summed E-state index contributed by atoms with van der Waals surface area (Å²) in [7, 11) is 0. The van der Waals surface area contributed by atoms with Gasteiger partial charge in [-0.1, -0.05) is 18.5 Å². The van der Waals surface area contributed by atoms with Gasteiger partial charge in [-0.2, -0.15) is 0 Å². The van der Waals surface area contributed by atoms with Crippen molar-refractivity contribution in [2.45, 2.75) is 25.8 Å². The second kappa shape index (κ2) is 7.13. The Morgan fingerprint density at radius 2 is 2.29 bits per heavy atom. The van der Waals surface area contributed by atoms with Crippen molar-refractivity contribution in [1.82, 2.24) is 4.90 Å². The van der Waals surface area contributed by atoms with Crippen molar-refractivity contribution in [3.8, 4) is 0 Å². The van der Waals surface area contributed by atoms with E-state index in [0.717, 1.165) is 6.42 Å². The molecule has 1 heterocycles. The number of halogens is 2. The first kappa shape index (κ1) is 16.1. The maximum absolute atomic E-state index is 13.2. The highest BCUT2D eigenvalue weighted by Crippen LogP contribution is 2.26. The number of nitrogens with one attached hydrogen (secondary N) is 1. The normalized spacial score (nSPS) is 17.9. The molecular formula is C14H16ClFN2O2S. The zero-order chi connectivity index (χ0) is 15.4. The second-order valence-electron chi connectivity index (χ2n) is 4.74. The molecule has 7 heteroatoms. The van der Waals surface area contributed by atoms with Crippen LogP contribution in [0.4, 0.5) is 10.1 Å². The third-order valence-corrected chi connectivity index (χ3v) is 4.50. The predicted molar refractivity (Wildman–Crippen MR) is 82.9 cm³/mol. The molecule has 2 amide bonds. The molecule has 0 aromatic heterocycles. The Morgan fingerprint density at radius 1 is 1.52 bits per heavy atom. The van der Waals surface area contributed by atoms with Gasteiger partial charge in [0, 0.05) is 12.2 Å². The van der Waals surface area contributed by atoms with E-state index in [-0.39, 0.29) is 22.5 Å². The molecule has 1 atom stereocenters. The number of nitrogens with zero attached hydrogens (tertiary/aromatic N) is 1. The van der Waals surface area contributed by atoms with Crippen LogP contribution in [0, 0.1) is 5.82 Å². The van der Waals surface area contributed by atoms with Crippen LogP contribution in [0.1, 0.15) is 19.8 Å². The second-order valence-corrected chi connectivity index (χ2v) is 6.15. The summed E-state index contributed by atoms with van der Waals surface area (Å²) in [5.74, 6) is 0.196. The lowest BCUT2D eigenvalue weighted by atomic mass is 10.2. The van der Waals surface area contributed by atoms with Gasteiger partial charge in [-0.05, 0) is 24.6 Å². The molecule has 0 radical (unpaired) electrons. The highest BCUT2D eigenvalue weighted by molar-refractivity contribution is 7.99. The zero-order valence-corrected chi connectivity index (χ0v) is 13.1. The Kier molecular flexibility index (Phi) is 5.47. The van der Waals surface area contributed by atoms with Gasteiger partial charge in [-0.15, -0.1) is 11.8 Å². The molecule has 0 saturated carbocycles. The maximum Gasteiger partial charge on any atom is 0.248 e. The number of amides is 2. The van der Waals surface area contributed by atoms with Crippen molar-refractivity contribution in [3.63, 3.8) is 0 Å². The van der Waals surface area contributed by atoms with Gasteiger partial charge in [0.2, 0.25) is 11.8 Å². The molecule has 1 saturated heterocycles. The Bertz CT molecular complexity index is 556. The maximum atomic E-state index is 13.2. The van der Waals surface area contributed by atoms with E-state index >= 15 is 0 Å². The summed E-state index contributed by atoms with van der Waals surface area (Å²) < 4.78 is 13.2. The van der Waals surface area contributed by atoms with Crippen molar-refractivity contribution in [2.75, 3.05) is 16.9 Å². The third kappa shape index (κ3) is 3.89. The average molecular weight is 331 g/mol. The van der Waals surface area contributed by atoms with Gasteiger partial charge < -0.3 is 10.2 Å². The van der Waals surface area contributed by atoms with Gasteiger partial charge in [-0.3, -0.25) is 9.59 Å². The van der Waals surface area contributed by atoms with E-state index in [1.54, 1.807) is 4.90 Å². The van der Waals surface area contributed by atoms with Crippen LogP contribution in [0.2, 0.25) is 5.02 Å². The molecule has 1 fully saturated rings. The largest absolute Gasteiger partial charge is 0.323 e. The van der Waals surface area contributed by atoms with Crippen LogP contribution in [-0.4, -0.2) is 34.4 Å². The fraction of sp³-hybridized carbons (Fsp3) is 0.429. The number of rotatable bonds is 4. The molecule has 4 nitrogen and oxygen atoms in total. The third-order valence-electron chi connectivity index (χ3n) is 3.16. The van der Waals surface area contributed by atoms with E-state index in [9.17, 15) is 14.0 Å². The first-order valence-electron chi connectivity index (χ1n) is 6.66. The van der Waals surface area contributed by atoms with Gasteiger partial charge in [0.1, 0.15) is 11.9 Å². The average Bonchev–Trinajstić information content (AvgIpc) is 2.92. The standard InChI is InChI=1S/C14H16ClFN2O2S/c1-2-3-13(19)18-8-21-7-12(18)14(20)17-11-6-9(16)4-5-10(11)15/h4-6,12H,2-3,7-8H2,1H3,(H,17,20). The summed E-state index contributed by atoms with van der Waals surface area (Å²) >= 11 is 7.46. The van der Waals surface area contributed by atoms with Crippen LogP contribution in [0.25, 0.3) is 0 Å². The molecular weight excluding hydrogens is 315 g/mol. The molecule has 2 rings (SSSR count). The van der Waals surface area contributed by atoms with E-state index in [1.807, 2.05) is 6.92 Å². The molecule has 0 bridgehead atoms. The highest BCUT2D eigenvalue weighted by Gasteiger charge is 2.34. The van der Waals surface area contributed by atoms with Gasteiger partial charge in [0.25, 0.3) is 0 Å². The number of carbonyl (C=O) groups is 2. The highest BCUT2D eigenvalue weighted by atomic mass is 35.5. The molecule has 0 aliphatic carbocycles. The molecule has 1 N–H and O–H groups in total. The first-order valence-corrected chi connectivity index (χ1v) is 8.19. The molecule has 1 aromatic rings. The van der Waals surface area contributed by atoms with E-state index < -0.39 is 11.9 Å². The van der Waals surface area contributed by atoms with Crippen molar-refractivity contribution >= 4 is 40.9 Å². The fourth-order valence-corrected chi connectivity index (χ4v) is 3.42. The molecule has 21 heavy (non-hydrogen) atoms. The number of benzene rings is 1. The Balaban J connectivity index is 2.08. The Morgan fingerprint density at radius 3 is 3.00 bits per heavy atom. The molecule has 1 aliphatic rings. The summed E-state index contributed by atoms with van der Waals surface area (Å²) in [6, 6.07) is 3.24. The van der Waals surface area contributed by atoms with E-state index in [4.69, 9.17) is 11.6 Å². The number of carbonyl (C=O) groups excluding carboxylic acids is 2.